The average molecular weight is 310 g/mol. The van der Waals surface area contributed by atoms with Crippen LogP contribution in [0.1, 0.15) is 0 Å². The standard InChI is InChI=1S/C7HF11O/c8-1-3(10,11)2(9,5(14,15)4(1,12)13)7(18,19)6(1,16)17/h19H. The van der Waals surface area contributed by atoms with Gasteiger partial charge in [-0.05, 0) is 0 Å². The van der Waals surface area contributed by atoms with E-state index in [1.807, 2.05) is 0 Å². The van der Waals surface area contributed by atoms with Crippen molar-refractivity contribution in [3.05, 3.63) is 0 Å². The van der Waals surface area contributed by atoms with Gasteiger partial charge in [0.05, 0.1) is 0 Å². The van der Waals surface area contributed by atoms with Gasteiger partial charge in [0, 0.05) is 0 Å². The highest BCUT2D eigenvalue weighted by Crippen LogP contribution is 2.82. The van der Waals surface area contributed by atoms with Gasteiger partial charge in [0.2, 0.25) is 0 Å². The number of hydrogen-bond donors (Lipinski definition) is 1. The van der Waals surface area contributed by atoms with Crippen molar-refractivity contribution < 1.29 is 53.4 Å². The Labute approximate surface area is 95.5 Å². The van der Waals surface area contributed by atoms with Crippen molar-refractivity contribution in [2.24, 2.45) is 0 Å². The van der Waals surface area contributed by atoms with E-state index in [-0.39, 0.29) is 0 Å². The van der Waals surface area contributed by atoms with Crippen LogP contribution in [0.4, 0.5) is 48.3 Å². The van der Waals surface area contributed by atoms with E-state index >= 15 is 0 Å². The molecule has 0 radical (unpaired) electrons. The van der Waals surface area contributed by atoms with Crippen LogP contribution in [0.5, 0.6) is 0 Å². The van der Waals surface area contributed by atoms with Crippen LogP contribution in [0.25, 0.3) is 0 Å². The molecular weight excluding hydrogens is 309 g/mol. The third-order valence-electron chi connectivity index (χ3n) is 3.43. The van der Waals surface area contributed by atoms with Gasteiger partial charge in [-0.15, -0.1) is 0 Å². The van der Waals surface area contributed by atoms with Gasteiger partial charge in [0.15, 0.2) is 0 Å². The molecule has 1 N–H and O–H groups in total. The molecule has 2 aliphatic carbocycles. The fourth-order valence-electron chi connectivity index (χ4n) is 2.32. The number of halogens is 11. The highest BCUT2D eigenvalue weighted by molar-refractivity contribution is 5.45. The molecule has 3 unspecified atom stereocenters. The lowest BCUT2D eigenvalue weighted by Crippen LogP contribution is -2.75. The Morgan fingerprint density at radius 1 is 0.421 bits per heavy atom. The first kappa shape index (κ1) is 14.6. The van der Waals surface area contributed by atoms with Crippen molar-refractivity contribution in [3.8, 4) is 0 Å². The number of alkyl halides is 11. The monoisotopic (exact) mass is 310 g/mol. The van der Waals surface area contributed by atoms with Crippen LogP contribution in [-0.4, -0.2) is 46.0 Å². The molecule has 0 aliphatic heterocycles. The summed E-state index contributed by atoms with van der Waals surface area (Å²) in [4.78, 5) is 0. The highest BCUT2D eigenvalue weighted by atomic mass is 19.3. The van der Waals surface area contributed by atoms with Crippen LogP contribution < -0.4 is 0 Å². The minimum absolute atomic E-state index is 6.52. The van der Waals surface area contributed by atoms with Crippen molar-refractivity contribution in [1.82, 2.24) is 0 Å². The molecule has 0 aromatic rings. The van der Waals surface area contributed by atoms with Crippen LogP contribution in [-0.2, 0) is 0 Å². The smallest absolute Gasteiger partial charge is 0.354 e. The van der Waals surface area contributed by atoms with Crippen molar-refractivity contribution in [1.29, 1.82) is 0 Å². The van der Waals surface area contributed by atoms with Crippen molar-refractivity contribution in [2.75, 3.05) is 0 Å². The molecule has 19 heavy (non-hydrogen) atoms. The summed E-state index contributed by atoms with van der Waals surface area (Å²) < 4.78 is 142. The summed E-state index contributed by atoms with van der Waals surface area (Å²) >= 11 is 0. The first-order valence-electron chi connectivity index (χ1n) is 4.30. The normalized spacial score (nSPS) is 52.4. The molecule has 2 bridgehead atoms. The second-order valence-corrected chi connectivity index (χ2v) is 4.24. The predicted octanol–water partition coefficient (Wildman–Crippen LogP) is 2.63. The first-order valence-corrected chi connectivity index (χ1v) is 4.30. The molecule has 0 aromatic carbocycles. The SMILES string of the molecule is OC1(F)C(F)(F)C2(F)C(F)(F)C(F)(F)C1(F)C2(F)F. The zero-order chi connectivity index (χ0) is 15.5. The molecule has 2 rings (SSSR count). The maximum absolute atomic E-state index is 13.3. The molecule has 2 fully saturated rings. The fourth-order valence-corrected chi connectivity index (χ4v) is 2.32. The molecule has 2 aliphatic rings. The lowest BCUT2D eigenvalue weighted by atomic mass is 9.82. The molecular formula is C7HF11O. The lowest BCUT2D eigenvalue weighted by Gasteiger charge is -2.43. The number of fused-ring (bicyclic) bond motifs is 2. The van der Waals surface area contributed by atoms with Crippen LogP contribution in [0.2, 0.25) is 0 Å². The van der Waals surface area contributed by atoms with Gasteiger partial charge in [0.25, 0.3) is 0 Å². The third kappa shape index (κ3) is 0.783. The van der Waals surface area contributed by atoms with Gasteiger partial charge in [-0.1, -0.05) is 0 Å². The number of aliphatic hydroxyl groups is 1. The van der Waals surface area contributed by atoms with Crippen LogP contribution >= 0.6 is 0 Å². The van der Waals surface area contributed by atoms with Gasteiger partial charge < -0.3 is 5.11 Å². The van der Waals surface area contributed by atoms with E-state index in [1.54, 1.807) is 0 Å². The summed E-state index contributed by atoms with van der Waals surface area (Å²) in [6.45, 7) is 0. The zero-order valence-corrected chi connectivity index (χ0v) is 8.10. The summed E-state index contributed by atoms with van der Waals surface area (Å²) in [5.41, 5.74) is -13.7. The second-order valence-electron chi connectivity index (χ2n) is 4.24. The highest BCUT2D eigenvalue weighted by Gasteiger charge is 3.17. The second kappa shape index (κ2) is 2.66. The zero-order valence-electron chi connectivity index (χ0n) is 8.10. The van der Waals surface area contributed by atoms with Crippen molar-refractivity contribution in [3.63, 3.8) is 0 Å². The van der Waals surface area contributed by atoms with E-state index in [1.165, 1.54) is 0 Å². The van der Waals surface area contributed by atoms with Gasteiger partial charge in [0.1, 0.15) is 0 Å². The summed E-state index contributed by atoms with van der Waals surface area (Å²) in [6, 6.07) is 0. The van der Waals surface area contributed by atoms with Crippen LogP contribution in [0, 0.1) is 0 Å². The Morgan fingerprint density at radius 2 is 0.737 bits per heavy atom. The minimum Gasteiger partial charge on any atom is -0.354 e. The molecule has 12 heteroatoms. The fraction of sp³-hybridized carbons (Fsp3) is 1.00. The predicted molar refractivity (Wildman–Crippen MR) is 33.5 cm³/mol. The van der Waals surface area contributed by atoms with Crippen LogP contribution in [0.15, 0.2) is 0 Å². The van der Waals surface area contributed by atoms with E-state index in [4.69, 9.17) is 5.11 Å². The molecule has 0 heterocycles. The van der Waals surface area contributed by atoms with Crippen molar-refractivity contribution >= 4 is 0 Å². The quantitative estimate of drug-likeness (QED) is 0.682. The molecule has 0 spiro atoms. The Morgan fingerprint density at radius 3 is 1.00 bits per heavy atom. The topological polar surface area (TPSA) is 20.2 Å². The number of rotatable bonds is 0. The van der Waals surface area contributed by atoms with Gasteiger partial charge >= 0.3 is 40.9 Å². The minimum atomic E-state index is -6.94. The largest absolute Gasteiger partial charge is 0.359 e. The first-order chi connectivity index (χ1) is 8.00. The third-order valence-corrected chi connectivity index (χ3v) is 3.43. The molecule has 112 valence electrons. The van der Waals surface area contributed by atoms with E-state index in [0.29, 0.717) is 0 Å². The van der Waals surface area contributed by atoms with Gasteiger partial charge in [-0.3, -0.25) is 0 Å². The average Bonchev–Trinajstić information content (AvgIpc) is 2.32. The van der Waals surface area contributed by atoms with Crippen molar-refractivity contribution in [2.45, 2.75) is 40.9 Å². The summed E-state index contributed by atoms with van der Waals surface area (Å²) in [5, 5.41) is 8.22. The summed E-state index contributed by atoms with van der Waals surface area (Å²) in [6.07, 6.45) is 0. The molecule has 0 aromatic heterocycles. The Kier molecular flexibility index (Phi) is 2.04. The summed E-state index contributed by atoms with van der Waals surface area (Å²) in [7, 11) is 0. The lowest BCUT2D eigenvalue weighted by molar-refractivity contribution is -0.419. The number of hydrogen-bond acceptors (Lipinski definition) is 1. The van der Waals surface area contributed by atoms with Gasteiger partial charge in [-0.2, -0.15) is 35.1 Å². The summed E-state index contributed by atoms with van der Waals surface area (Å²) in [5.74, 6) is -34.0. The van der Waals surface area contributed by atoms with E-state index < -0.39 is 40.9 Å². The van der Waals surface area contributed by atoms with Crippen LogP contribution in [0.3, 0.4) is 0 Å². The Balaban J connectivity index is 2.99. The Bertz CT molecular complexity index is 384. The maximum atomic E-state index is 13.3. The van der Waals surface area contributed by atoms with E-state index in [0.717, 1.165) is 0 Å². The molecule has 2 saturated carbocycles. The molecule has 0 saturated heterocycles. The van der Waals surface area contributed by atoms with E-state index in [9.17, 15) is 48.3 Å². The van der Waals surface area contributed by atoms with E-state index in [2.05, 4.69) is 0 Å². The maximum Gasteiger partial charge on any atom is 0.359 e. The molecule has 1 nitrogen and oxygen atoms in total. The molecule has 0 amide bonds. The Hall–Kier alpha value is -0.810. The molecule has 3 atom stereocenters. The van der Waals surface area contributed by atoms with Gasteiger partial charge in [-0.25, -0.2) is 13.2 Å².